The van der Waals surface area contributed by atoms with Crippen LogP contribution in [-0.2, 0) is 0 Å². The van der Waals surface area contributed by atoms with E-state index in [1.54, 1.807) is 12.3 Å². The van der Waals surface area contributed by atoms with Crippen LogP contribution in [0.3, 0.4) is 0 Å². The SMILES string of the molecule is Cc1cnc2ccc(Nc3ncc(Cl)c(NC4CCN(c5ccc(C#N)nn5)CC4)n3)cn12. The Morgan fingerprint density at radius 1 is 1.09 bits per heavy atom. The third-order valence-electron chi connectivity index (χ3n) is 5.62. The van der Waals surface area contributed by atoms with E-state index in [1.807, 2.05) is 48.0 Å². The highest BCUT2D eigenvalue weighted by atomic mass is 35.5. The number of imidazole rings is 1. The Morgan fingerprint density at radius 2 is 1.94 bits per heavy atom. The van der Waals surface area contributed by atoms with Gasteiger partial charge in [-0.1, -0.05) is 11.6 Å². The molecule has 166 valence electrons. The molecule has 0 radical (unpaired) electrons. The van der Waals surface area contributed by atoms with Crippen molar-refractivity contribution in [2.75, 3.05) is 28.6 Å². The summed E-state index contributed by atoms with van der Waals surface area (Å²) in [5, 5.41) is 24.1. The van der Waals surface area contributed by atoms with Crippen LogP contribution in [-0.4, -0.2) is 48.7 Å². The maximum atomic E-state index is 8.88. The Bertz CT molecular complexity index is 1320. The molecule has 11 heteroatoms. The number of pyridine rings is 1. The van der Waals surface area contributed by atoms with E-state index < -0.39 is 0 Å². The molecule has 1 aliphatic rings. The van der Waals surface area contributed by atoms with E-state index in [-0.39, 0.29) is 6.04 Å². The fourth-order valence-electron chi connectivity index (χ4n) is 3.83. The lowest BCUT2D eigenvalue weighted by molar-refractivity contribution is 0.521. The van der Waals surface area contributed by atoms with Crippen molar-refractivity contribution in [2.45, 2.75) is 25.8 Å². The molecule has 0 atom stereocenters. The Hall–Kier alpha value is -3.97. The van der Waals surface area contributed by atoms with E-state index in [9.17, 15) is 0 Å². The van der Waals surface area contributed by atoms with Gasteiger partial charge in [-0.15, -0.1) is 10.2 Å². The molecule has 1 saturated heterocycles. The first-order valence-corrected chi connectivity index (χ1v) is 11.0. The number of aromatic nitrogens is 6. The lowest BCUT2D eigenvalue weighted by Gasteiger charge is -2.33. The lowest BCUT2D eigenvalue weighted by atomic mass is 10.1. The number of hydrogen-bond donors (Lipinski definition) is 2. The highest BCUT2D eigenvalue weighted by Crippen LogP contribution is 2.25. The first-order chi connectivity index (χ1) is 16.1. The minimum absolute atomic E-state index is 0.220. The second-order valence-electron chi connectivity index (χ2n) is 7.85. The van der Waals surface area contributed by atoms with Crippen molar-refractivity contribution in [3.63, 3.8) is 0 Å². The quantitative estimate of drug-likeness (QED) is 0.460. The van der Waals surface area contributed by atoms with Gasteiger partial charge >= 0.3 is 0 Å². The van der Waals surface area contributed by atoms with Crippen molar-refractivity contribution in [1.29, 1.82) is 5.26 Å². The van der Waals surface area contributed by atoms with Gasteiger partial charge in [0.15, 0.2) is 17.3 Å². The molecule has 2 N–H and O–H groups in total. The van der Waals surface area contributed by atoms with Gasteiger partial charge in [0.2, 0.25) is 5.95 Å². The van der Waals surface area contributed by atoms with Crippen LogP contribution in [0.15, 0.2) is 42.9 Å². The highest BCUT2D eigenvalue weighted by Gasteiger charge is 2.22. The first kappa shape index (κ1) is 20.9. The second-order valence-corrected chi connectivity index (χ2v) is 8.26. The van der Waals surface area contributed by atoms with E-state index in [1.165, 1.54) is 0 Å². The van der Waals surface area contributed by atoms with Gasteiger partial charge in [-0.3, -0.25) is 0 Å². The van der Waals surface area contributed by atoms with Gasteiger partial charge in [0.25, 0.3) is 0 Å². The summed E-state index contributed by atoms with van der Waals surface area (Å²) in [6, 6.07) is 9.61. The number of nitriles is 1. The zero-order valence-electron chi connectivity index (χ0n) is 17.9. The molecule has 5 heterocycles. The first-order valence-electron chi connectivity index (χ1n) is 10.6. The zero-order chi connectivity index (χ0) is 22.8. The van der Waals surface area contributed by atoms with Gasteiger partial charge in [0.05, 0.1) is 11.9 Å². The number of piperidine rings is 1. The molecule has 0 spiro atoms. The molecule has 0 aromatic carbocycles. The minimum atomic E-state index is 0.220. The van der Waals surface area contributed by atoms with Crippen LogP contribution < -0.4 is 15.5 Å². The molecule has 0 aliphatic carbocycles. The Kier molecular flexibility index (Phi) is 5.62. The number of aryl methyl sites for hydroxylation is 1. The number of nitrogens with zero attached hydrogens (tertiary/aromatic N) is 8. The van der Waals surface area contributed by atoms with Crippen molar-refractivity contribution in [3.05, 3.63) is 59.3 Å². The number of nitrogens with one attached hydrogen (secondary N) is 2. The number of fused-ring (bicyclic) bond motifs is 1. The second kappa shape index (κ2) is 8.88. The maximum absolute atomic E-state index is 8.88. The van der Waals surface area contributed by atoms with Crippen LogP contribution in [0, 0.1) is 18.3 Å². The van der Waals surface area contributed by atoms with Crippen LogP contribution in [0.2, 0.25) is 5.02 Å². The van der Waals surface area contributed by atoms with Crippen LogP contribution in [0.4, 0.5) is 23.3 Å². The Morgan fingerprint density at radius 3 is 2.70 bits per heavy atom. The number of rotatable bonds is 5. The zero-order valence-corrected chi connectivity index (χ0v) is 18.7. The molecule has 10 nitrogen and oxygen atoms in total. The van der Waals surface area contributed by atoms with E-state index >= 15 is 0 Å². The van der Waals surface area contributed by atoms with Gasteiger partial charge < -0.3 is 19.9 Å². The Labute approximate surface area is 195 Å². The monoisotopic (exact) mass is 460 g/mol. The average Bonchev–Trinajstić information content (AvgIpc) is 3.22. The number of anilines is 4. The van der Waals surface area contributed by atoms with E-state index in [4.69, 9.17) is 16.9 Å². The third-order valence-corrected chi connectivity index (χ3v) is 5.89. The summed E-state index contributed by atoms with van der Waals surface area (Å²) in [7, 11) is 0. The van der Waals surface area contributed by atoms with Gasteiger partial charge in [0, 0.05) is 37.2 Å². The third kappa shape index (κ3) is 4.49. The summed E-state index contributed by atoms with van der Waals surface area (Å²) < 4.78 is 2.00. The number of halogens is 1. The summed E-state index contributed by atoms with van der Waals surface area (Å²) in [5.74, 6) is 1.85. The maximum Gasteiger partial charge on any atom is 0.229 e. The summed E-state index contributed by atoms with van der Waals surface area (Å²) in [6.07, 6.45) is 7.17. The van der Waals surface area contributed by atoms with Crippen molar-refractivity contribution in [3.8, 4) is 6.07 Å². The average molecular weight is 461 g/mol. The molecular formula is C22H21ClN10. The predicted octanol–water partition coefficient (Wildman–Crippen LogP) is 3.57. The van der Waals surface area contributed by atoms with Crippen LogP contribution >= 0.6 is 11.6 Å². The normalized spacial score (nSPS) is 14.3. The summed E-state index contributed by atoms with van der Waals surface area (Å²) in [5.41, 5.74) is 3.11. The standard InChI is InChI=1S/C22H21ClN10/c1-14-11-25-19-4-3-17(13-33(14)19)28-22-26-12-18(23)21(29-22)27-15-6-8-32(9-7-15)20-5-2-16(10-24)30-31-20/h2-5,11-13,15H,6-9H2,1H3,(H2,26,27,28,29). The van der Waals surface area contributed by atoms with Gasteiger partial charge in [-0.25, -0.2) is 9.97 Å². The number of hydrogen-bond acceptors (Lipinski definition) is 9. The van der Waals surface area contributed by atoms with Crippen molar-refractivity contribution < 1.29 is 0 Å². The molecule has 4 aromatic heterocycles. The highest BCUT2D eigenvalue weighted by molar-refractivity contribution is 6.32. The van der Waals surface area contributed by atoms with E-state index in [0.717, 1.165) is 48.8 Å². The van der Waals surface area contributed by atoms with Gasteiger partial charge in [0.1, 0.15) is 16.7 Å². The molecule has 1 fully saturated rings. The summed E-state index contributed by atoms with van der Waals surface area (Å²) >= 11 is 6.37. The summed E-state index contributed by atoms with van der Waals surface area (Å²) in [6.45, 7) is 3.64. The van der Waals surface area contributed by atoms with Gasteiger partial charge in [-0.05, 0) is 44.0 Å². The molecule has 0 amide bonds. The smallest absolute Gasteiger partial charge is 0.229 e. The minimum Gasteiger partial charge on any atom is -0.366 e. The largest absolute Gasteiger partial charge is 0.366 e. The molecule has 4 aromatic rings. The lowest BCUT2D eigenvalue weighted by Crippen LogP contribution is -2.39. The van der Waals surface area contributed by atoms with Crippen LogP contribution in [0.25, 0.3) is 5.65 Å². The Balaban J connectivity index is 1.24. The van der Waals surface area contributed by atoms with E-state index in [0.29, 0.717) is 22.5 Å². The molecule has 0 unspecified atom stereocenters. The van der Waals surface area contributed by atoms with Crippen molar-refractivity contribution in [2.24, 2.45) is 0 Å². The van der Waals surface area contributed by atoms with Gasteiger partial charge in [-0.2, -0.15) is 10.2 Å². The van der Waals surface area contributed by atoms with Crippen molar-refractivity contribution >= 4 is 40.5 Å². The topological polar surface area (TPSA) is 120 Å². The fraction of sp³-hybridized carbons (Fsp3) is 0.273. The molecule has 1 aliphatic heterocycles. The molecular weight excluding hydrogens is 440 g/mol. The molecule has 5 rings (SSSR count). The molecule has 33 heavy (non-hydrogen) atoms. The molecule has 0 bridgehead atoms. The fourth-order valence-corrected chi connectivity index (χ4v) is 3.98. The van der Waals surface area contributed by atoms with Crippen LogP contribution in [0.5, 0.6) is 0 Å². The summed E-state index contributed by atoms with van der Waals surface area (Å²) in [4.78, 5) is 15.4. The predicted molar refractivity (Wildman–Crippen MR) is 126 cm³/mol. The molecule has 0 saturated carbocycles. The van der Waals surface area contributed by atoms with Crippen molar-refractivity contribution in [1.82, 2.24) is 29.5 Å². The van der Waals surface area contributed by atoms with Crippen LogP contribution in [0.1, 0.15) is 24.2 Å². The van der Waals surface area contributed by atoms with E-state index in [2.05, 4.69) is 40.7 Å².